The van der Waals surface area contributed by atoms with Gasteiger partial charge in [0.15, 0.2) is 5.11 Å². The van der Waals surface area contributed by atoms with Gasteiger partial charge in [0, 0.05) is 18.0 Å². The average Bonchev–Trinajstić information content (AvgIpc) is 3.49. The smallest absolute Gasteiger partial charge is 0.338 e. The molecule has 2 atom stereocenters. The molecule has 0 spiro atoms. The van der Waals surface area contributed by atoms with Gasteiger partial charge in [-0.3, -0.25) is 9.97 Å². The van der Waals surface area contributed by atoms with E-state index in [4.69, 9.17) is 21.4 Å². The molecule has 0 aliphatic carbocycles. The van der Waals surface area contributed by atoms with Gasteiger partial charge >= 0.3 is 5.97 Å². The molecule has 1 aliphatic rings. The predicted molar refractivity (Wildman–Crippen MR) is 131 cm³/mol. The van der Waals surface area contributed by atoms with E-state index in [0.29, 0.717) is 34.3 Å². The van der Waals surface area contributed by atoms with Crippen LogP contribution < -0.4 is 5.32 Å². The number of nitrogens with one attached hydrogen (secondary N) is 1. The highest BCUT2D eigenvalue weighted by Gasteiger charge is 2.42. The van der Waals surface area contributed by atoms with E-state index in [1.54, 1.807) is 24.5 Å². The highest BCUT2D eigenvalue weighted by molar-refractivity contribution is 7.80. The fourth-order valence-corrected chi connectivity index (χ4v) is 4.50. The minimum absolute atomic E-state index is 0.215. The Morgan fingerprint density at radius 2 is 1.79 bits per heavy atom. The third-order valence-electron chi connectivity index (χ3n) is 5.77. The molecular weight excluding hydrogens is 448 g/mol. The molecule has 0 bridgehead atoms. The second-order valence-electron chi connectivity index (χ2n) is 7.81. The highest BCUT2D eigenvalue weighted by Crippen LogP contribution is 2.41. The Bertz CT molecular complexity index is 1310. The maximum Gasteiger partial charge on any atom is 0.338 e. The SMILES string of the molecule is COC(=O)c1ccccc1-c1ccc([C@H]2[C@@H](c3ccccn3)NC(=S)N2Cc2ccccn2)o1. The van der Waals surface area contributed by atoms with Crippen molar-refractivity contribution in [2.75, 3.05) is 7.11 Å². The first-order valence-electron chi connectivity index (χ1n) is 10.8. The molecule has 0 saturated carbocycles. The van der Waals surface area contributed by atoms with Gasteiger partial charge in [0.25, 0.3) is 0 Å². The van der Waals surface area contributed by atoms with Crippen LogP contribution in [0.25, 0.3) is 11.3 Å². The second kappa shape index (κ2) is 9.44. The molecule has 34 heavy (non-hydrogen) atoms. The van der Waals surface area contributed by atoms with Crippen molar-refractivity contribution in [3.8, 4) is 11.3 Å². The Kier molecular flexibility index (Phi) is 6.05. The summed E-state index contributed by atoms with van der Waals surface area (Å²) in [7, 11) is 1.37. The Hall–Kier alpha value is -4.04. The van der Waals surface area contributed by atoms with Crippen LogP contribution in [-0.2, 0) is 11.3 Å². The van der Waals surface area contributed by atoms with E-state index >= 15 is 0 Å². The number of thiocarbonyl (C=S) groups is 1. The largest absolute Gasteiger partial charge is 0.465 e. The van der Waals surface area contributed by atoms with Crippen LogP contribution in [0.1, 0.15) is 39.6 Å². The summed E-state index contributed by atoms with van der Waals surface area (Å²) in [5.41, 5.74) is 2.85. The van der Waals surface area contributed by atoms with E-state index < -0.39 is 5.97 Å². The van der Waals surface area contributed by atoms with Crippen LogP contribution in [0.4, 0.5) is 0 Å². The molecule has 0 unspecified atom stereocenters. The van der Waals surface area contributed by atoms with Gasteiger partial charge in [0.2, 0.25) is 0 Å². The lowest BCUT2D eigenvalue weighted by molar-refractivity contribution is 0.0601. The van der Waals surface area contributed by atoms with Gasteiger partial charge in [-0.15, -0.1) is 0 Å². The number of aromatic nitrogens is 2. The van der Waals surface area contributed by atoms with Crippen molar-refractivity contribution in [1.82, 2.24) is 20.2 Å². The lowest BCUT2D eigenvalue weighted by Crippen LogP contribution is -2.29. The molecule has 0 amide bonds. The number of hydrogen-bond acceptors (Lipinski definition) is 6. The summed E-state index contributed by atoms with van der Waals surface area (Å²) in [4.78, 5) is 23.4. The summed E-state index contributed by atoms with van der Waals surface area (Å²) < 4.78 is 11.3. The summed E-state index contributed by atoms with van der Waals surface area (Å²) >= 11 is 5.72. The second-order valence-corrected chi connectivity index (χ2v) is 8.20. The Morgan fingerprint density at radius 3 is 2.53 bits per heavy atom. The molecule has 0 radical (unpaired) electrons. The summed E-state index contributed by atoms with van der Waals surface area (Å²) in [6.45, 7) is 0.509. The van der Waals surface area contributed by atoms with E-state index in [0.717, 1.165) is 11.4 Å². The number of pyridine rings is 2. The van der Waals surface area contributed by atoms with E-state index in [1.807, 2.05) is 60.7 Å². The maximum absolute atomic E-state index is 12.3. The number of rotatable bonds is 6. The van der Waals surface area contributed by atoms with E-state index in [9.17, 15) is 4.79 Å². The Labute approximate surface area is 202 Å². The summed E-state index contributed by atoms with van der Waals surface area (Å²) in [6.07, 6.45) is 3.53. The Balaban J connectivity index is 1.55. The zero-order chi connectivity index (χ0) is 23.5. The zero-order valence-electron chi connectivity index (χ0n) is 18.4. The van der Waals surface area contributed by atoms with Crippen LogP contribution in [0.3, 0.4) is 0 Å². The number of benzene rings is 1. The van der Waals surface area contributed by atoms with E-state index in [2.05, 4.69) is 20.2 Å². The molecule has 1 aromatic carbocycles. The van der Waals surface area contributed by atoms with E-state index in [1.165, 1.54) is 7.11 Å². The molecule has 7 nitrogen and oxygen atoms in total. The number of carbonyl (C=O) groups excluding carboxylic acids is 1. The third kappa shape index (κ3) is 4.15. The van der Waals surface area contributed by atoms with Crippen molar-refractivity contribution >= 4 is 23.3 Å². The number of ether oxygens (including phenoxy) is 1. The molecule has 1 saturated heterocycles. The van der Waals surface area contributed by atoms with Crippen molar-refractivity contribution < 1.29 is 13.9 Å². The average molecular weight is 471 g/mol. The number of furan rings is 1. The number of hydrogen-bond donors (Lipinski definition) is 1. The van der Waals surface area contributed by atoms with Crippen LogP contribution in [0, 0.1) is 0 Å². The predicted octanol–water partition coefficient (Wildman–Crippen LogP) is 4.70. The van der Waals surface area contributed by atoms with Crippen LogP contribution in [-0.4, -0.2) is 33.1 Å². The molecule has 1 N–H and O–H groups in total. The van der Waals surface area contributed by atoms with Crippen LogP contribution >= 0.6 is 12.2 Å². The highest BCUT2D eigenvalue weighted by atomic mass is 32.1. The normalized spacial score (nSPS) is 17.4. The van der Waals surface area contributed by atoms with Gasteiger partial charge in [-0.05, 0) is 54.7 Å². The van der Waals surface area contributed by atoms with Crippen molar-refractivity contribution in [2.45, 2.75) is 18.6 Å². The minimum atomic E-state index is -0.416. The van der Waals surface area contributed by atoms with Crippen LogP contribution in [0.15, 0.2) is 89.6 Å². The third-order valence-corrected chi connectivity index (χ3v) is 6.12. The molecule has 1 aliphatic heterocycles. The van der Waals surface area contributed by atoms with Gasteiger partial charge < -0.3 is 19.4 Å². The van der Waals surface area contributed by atoms with Gasteiger partial charge in [-0.25, -0.2) is 4.79 Å². The number of esters is 1. The quantitative estimate of drug-likeness (QED) is 0.321. The first kappa shape index (κ1) is 21.8. The van der Waals surface area contributed by atoms with Crippen LogP contribution in [0.5, 0.6) is 0 Å². The lowest BCUT2D eigenvalue weighted by Gasteiger charge is -2.25. The van der Waals surface area contributed by atoms with E-state index in [-0.39, 0.29) is 12.1 Å². The molecule has 3 aromatic heterocycles. The summed E-state index contributed by atoms with van der Waals surface area (Å²) in [5.74, 6) is 0.861. The standard InChI is InChI=1S/C26H22N4O3S/c1-32-25(31)19-10-3-2-9-18(19)21-12-13-22(33-21)24-23(20-11-5-7-15-28-20)29-26(34)30(24)16-17-8-4-6-14-27-17/h2-15,23-24H,16H2,1H3,(H,29,34)/t23-,24+/m1/s1. The van der Waals surface area contributed by atoms with Gasteiger partial charge in [0.05, 0.1) is 36.6 Å². The van der Waals surface area contributed by atoms with Crippen molar-refractivity contribution in [3.05, 3.63) is 108 Å². The molecule has 5 rings (SSSR count). The van der Waals surface area contributed by atoms with Crippen molar-refractivity contribution in [3.63, 3.8) is 0 Å². The fraction of sp³-hybridized carbons (Fsp3) is 0.154. The monoisotopic (exact) mass is 470 g/mol. The molecule has 4 heterocycles. The number of methoxy groups -OCH3 is 1. The maximum atomic E-state index is 12.3. The molecule has 8 heteroatoms. The topological polar surface area (TPSA) is 80.5 Å². The number of carbonyl (C=O) groups is 1. The molecule has 170 valence electrons. The Morgan fingerprint density at radius 1 is 1.03 bits per heavy atom. The minimum Gasteiger partial charge on any atom is -0.465 e. The zero-order valence-corrected chi connectivity index (χ0v) is 19.2. The summed E-state index contributed by atoms with van der Waals surface area (Å²) in [6, 6.07) is 22.1. The summed E-state index contributed by atoms with van der Waals surface area (Å²) in [5, 5.41) is 4.01. The first-order valence-corrected chi connectivity index (χ1v) is 11.2. The number of nitrogens with zero attached hydrogens (tertiary/aromatic N) is 3. The fourth-order valence-electron chi connectivity index (χ4n) is 4.19. The van der Waals surface area contributed by atoms with Crippen molar-refractivity contribution in [2.24, 2.45) is 0 Å². The van der Waals surface area contributed by atoms with Crippen LogP contribution in [0.2, 0.25) is 0 Å². The first-order chi connectivity index (χ1) is 16.7. The lowest BCUT2D eigenvalue weighted by atomic mass is 10.0. The molecule has 4 aromatic rings. The molecular formula is C26H22N4O3S. The molecule has 1 fully saturated rings. The van der Waals surface area contributed by atoms with Gasteiger partial charge in [0.1, 0.15) is 17.6 Å². The van der Waals surface area contributed by atoms with Crippen molar-refractivity contribution in [1.29, 1.82) is 0 Å². The van der Waals surface area contributed by atoms with Gasteiger partial charge in [-0.2, -0.15) is 0 Å². The van der Waals surface area contributed by atoms with Gasteiger partial charge in [-0.1, -0.05) is 30.3 Å².